The average molecular weight is 500 g/mol. The highest BCUT2D eigenvalue weighted by atomic mass is 79.9. The molecule has 0 fully saturated rings. The fourth-order valence-corrected chi connectivity index (χ4v) is 3.56. The summed E-state index contributed by atoms with van der Waals surface area (Å²) in [5, 5.41) is 4.98. The van der Waals surface area contributed by atoms with Crippen LogP contribution in [0.2, 0.25) is 0 Å². The molecule has 0 saturated heterocycles. The Kier molecular flexibility index (Phi) is 8.05. The second kappa shape index (κ2) is 10.9. The van der Waals surface area contributed by atoms with Gasteiger partial charge in [0.1, 0.15) is 12.4 Å². The molecule has 0 aliphatic rings. The minimum absolute atomic E-state index is 0.219. The van der Waals surface area contributed by atoms with Gasteiger partial charge in [-0.25, -0.2) is 4.98 Å². The molecular formula is C24H26BrN3O4. The maximum Gasteiger partial charge on any atom is 0.282 e. The van der Waals surface area contributed by atoms with Crippen molar-refractivity contribution in [2.75, 3.05) is 20.8 Å². The van der Waals surface area contributed by atoms with Crippen LogP contribution in [-0.2, 0) is 6.42 Å². The van der Waals surface area contributed by atoms with Crippen LogP contribution in [0.4, 0.5) is 0 Å². The van der Waals surface area contributed by atoms with Crippen molar-refractivity contribution in [1.82, 2.24) is 9.66 Å². The number of rotatable bonds is 10. The molecule has 0 bridgehead atoms. The number of aryl methyl sites for hydroxylation is 1. The number of fused-ring (bicyclic) bond motifs is 1. The van der Waals surface area contributed by atoms with E-state index in [1.807, 2.05) is 12.1 Å². The summed E-state index contributed by atoms with van der Waals surface area (Å²) in [5.74, 6) is 2.08. The molecule has 0 amide bonds. The summed E-state index contributed by atoms with van der Waals surface area (Å²) in [6.07, 6.45) is 5.77. The maximum atomic E-state index is 13.2. The maximum absolute atomic E-state index is 13.2. The molecule has 0 radical (unpaired) electrons. The molecule has 0 atom stereocenters. The first kappa shape index (κ1) is 23.5. The minimum atomic E-state index is -0.219. The number of benzene rings is 2. The molecule has 1 aromatic heterocycles. The highest BCUT2D eigenvalue weighted by Gasteiger charge is 2.14. The van der Waals surface area contributed by atoms with Crippen LogP contribution >= 0.6 is 15.9 Å². The number of hydrogen-bond donors (Lipinski definition) is 0. The topological polar surface area (TPSA) is 74.9 Å². The number of ether oxygens (including phenoxy) is 3. The summed E-state index contributed by atoms with van der Waals surface area (Å²) in [4.78, 5) is 17.9. The summed E-state index contributed by atoms with van der Waals surface area (Å²) in [7, 11) is 3.10. The molecule has 3 rings (SSSR count). The number of halogens is 1. The summed E-state index contributed by atoms with van der Waals surface area (Å²) in [5.41, 5.74) is 1.12. The third-order valence-electron chi connectivity index (χ3n) is 4.78. The van der Waals surface area contributed by atoms with E-state index in [-0.39, 0.29) is 5.56 Å². The Balaban J connectivity index is 2.09. The largest absolute Gasteiger partial charge is 0.493 e. The lowest BCUT2D eigenvalue weighted by Gasteiger charge is -2.14. The normalized spacial score (nSPS) is 11.1. The van der Waals surface area contributed by atoms with Crippen LogP contribution in [0.25, 0.3) is 10.9 Å². The molecule has 0 unspecified atom stereocenters. The van der Waals surface area contributed by atoms with E-state index in [1.54, 1.807) is 44.7 Å². The van der Waals surface area contributed by atoms with Gasteiger partial charge in [-0.3, -0.25) is 4.79 Å². The van der Waals surface area contributed by atoms with Gasteiger partial charge in [-0.15, -0.1) is 0 Å². The van der Waals surface area contributed by atoms with Crippen molar-refractivity contribution in [3.8, 4) is 17.2 Å². The molecule has 168 valence electrons. The highest BCUT2D eigenvalue weighted by Crippen LogP contribution is 2.38. The summed E-state index contributed by atoms with van der Waals surface area (Å²) < 4.78 is 18.8. The van der Waals surface area contributed by atoms with Crippen LogP contribution in [0.15, 0.2) is 57.4 Å². The van der Waals surface area contributed by atoms with Crippen molar-refractivity contribution >= 4 is 33.0 Å². The van der Waals surface area contributed by atoms with Crippen molar-refractivity contribution in [1.29, 1.82) is 0 Å². The van der Waals surface area contributed by atoms with Gasteiger partial charge >= 0.3 is 0 Å². The van der Waals surface area contributed by atoms with Gasteiger partial charge in [-0.05, 0) is 36.8 Å². The zero-order valence-electron chi connectivity index (χ0n) is 18.4. The second-order valence-corrected chi connectivity index (χ2v) is 7.92. The van der Waals surface area contributed by atoms with Crippen molar-refractivity contribution in [3.63, 3.8) is 0 Å². The first-order valence-corrected chi connectivity index (χ1v) is 11.1. The lowest BCUT2D eigenvalue weighted by Crippen LogP contribution is -2.22. The minimum Gasteiger partial charge on any atom is -0.493 e. The molecule has 1 heterocycles. The van der Waals surface area contributed by atoms with Crippen LogP contribution in [0.1, 0.15) is 31.2 Å². The van der Waals surface area contributed by atoms with Crippen molar-refractivity contribution in [2.24, 2.45) is 5.10 Å². The highest BCUT2D eigenvalue weighted by molar-refractivity contribution is 9.10. The van der Waals surface area contributed by atoms with E-state index in [1.165, 1.54) is 4.68 Å². The Labute approximate surface area is 195 Å². The zero-order valence-corrected chi connectivity index (χ0v) is 20.0. The molecule has 0 aliphatic carbocycles. The predicted molar refractivity (Wildman–Crippen MR) is 131 cm³/mol. The van der Waals surface area contributed by atoms with Crippen LogP contribution in [0.3, 0.4) is 0 Å². The van der Waals surface area contributed by atoms with E-state index < -0.39 is 0 Å². The van der Waals surface area contributed by atoms with Crippen LogP contribution in [-0.4, -0.2) is 36.7 Å². The van der Waals surface area contributed by atoms with Crippen molar-refractivity contribution < 1.29 is 14.2 Å². The quantitative estimate of drug-likeness (QED) is 0.291. The second-order valence-electron chi connectivity index (χ2n) is 7.01. The standard InChI is InChI=1S/C24H26BrN3O4/c1-5-7-8-22-27-19-10-9-17(25)14-18(19)24(29)28(22)26-15-16-12-20(30-3)23(32-11-6-2)21(13-16)31-4/h6,9-10,12-15H,2,5,7-8,11H2,1,3-4H3. The average Bonchev–Trinajstić information content (AvgIpc) is 2.81. The Bertz CT molecular complexity index is 1180. The lowest BCUT2D eigenvalue weighted by atomic mass is 10.2. The predicted octanol–water partition coefficient (Wildman–Crippen LogP) is 4.97. The monoisotopic (exact) mass is 499 g/mol. The van der Waals surface area contributed by atoms with Gasteiger partial charge in [0.2, 0.25) is 5.75 Å². The Morgan fingerprint density at radius 1 is 1.19 bits per heavy atom. The van der Waals surface area contributed by atoms with Gasteiger partial charge in [-0.1, -0.05) is 41.9 Å². The Hall–Kier alpha value is -3.13. The number of nitrogens with zero attached hydrogens (tertiary/aromatic N) is 3. The van der Waals surface area contributed by atoms with E-state index in [0.717, 1.165) is 17.3 Å². The van der Waals surface area contributed by atoms with Crippen LogP contribution in [0, 0.1) is 0 Å². The Morgan fingerprint density at radius 3 is 2.53 bits per heavy atom. The van der Waals surface area contributed by atoms with E-state index >= 15 is 0 Å². The molecular weight excluding hydrogens is 474 g/mol. The third kappa shape index (κ3) is 5.19. The van der Waals surface area contributed by atoms with Crippen molar-refractivity contribution in [2.45, 2.75) is 26.2 Å². The van der Waals surface area contributed by atoms with E-state index in [2.05, 4.69) is 34.5 Å². The number of hydrogen-bond acceptors (Lipinski definition) is 6. The van der Waals surface area contributed by atoms with Gasteiger partial charge in [0.15, 0.2) is 11.5 Å². The molecule has 0 aliphatic heterocycles. The zero-order chi connectivity index (χ0) is 23.1. The summed E-state index contributed by atoms with van der Waals surface area (Å²) in [6, 6.07) is 9.01. The van der Waals surface area contributed by atoms with Crippen molar-refractivity contribution in [3.05, 3.63) is 69.2 Å². The van der Waals surface area contributed by atoms with E-state index in [4.69, 9.17) is 19.2 Å². The van der Waals surface area contributed by atoms with Crippen LogP contribution < -0.4 is 19.8 Å². The molecule has 2 aromatic carbocycles. The van der Waals surface area contributed by atoms with Gasteiger partial charge in [0.05, 0.1) is 31.3 Å². The van der Waals surface area contributed by atoms with E-state index in [0.29, 0.717) is 52.6 Å². The van der Waals surface area contributed by atoms with Gasteiger partial charge in [0.25, 0.3) is 5.56 Å². The molecule has 0 N–H and O–H groups in total. The molecule has 0 spiro atoms. The van der Waals surface area contributed by atoms with E-state index in [9.17, 15) is 4.79 Å². The molecule has 0 saturated carbocycles. The SMILES string of the molecule is C=CCOc1c(OC)cc(C=Nn2c(CCCC)nc3ccc(Br)cc3c2=O)cc1OC. The molecule has 3 aromatic rings. The number of methoxy groups -OCH3 is 2. The molecule has 32 heavy (non-hydrogen) atoms. The van der Waals surface area contributed by atoms with Crippen LogP contribution in [0.5, 0.6) is 17.2 Å². The Morgan fingerprint density at radius 2 is 1.91 bits per heavy atom. The van der Waals surface area contributed by atoms with Gasteiger partial charge in [-0.2, -0.15) is 9.78 Å². The van der Waals surface area contributed by atoms with Gasteiger partial charge in [0, 0.05) is 16.5 Å². The first-order chi connectivity index (χ1) is 15.5. The fourth-order valence-electron chi connectivity index (χ4n) is 3.19. The first-order valence-electron chi connectivity index (χ1n) is 10.3. The molecule has 8 heteroatoms. The molecule has 7 nitrogen and oxygen atoms in total. The van der Waals surface area contributed by atoms with Gasteiger partial charge < -0.3 is 14.2 Å². The number of unbranched alkanes of at least 4 members (excludes halogenated alkanes) is 1. The summed E-state index contributed by atoms with van der Waals surface area (Å²) >= 11 is 3.42. The summed E-state index contributed by atoms with van der Waals surface area (Å²) in [6.45, 7) is 6.07. The fraction of sp³-hybridized carbons (Fsp3) is 0.292. The third-order valence-corrected chi connectivity index (χ3v) is 5.27. The number of aromatic nitrogens is 2. The lowest BCUT2D eigenvalue weighted by molar-refractivity contribution is 0.301. The smallest absolute Gasteiger partial charge is 0.282 e.